The highest BCUT2D eigenvalue weighted by atomic mass is 16.5. The maximum atomic E-state index is 11.6. The van der Waals surface area contributed by atoms with Gasteiger partial charge in [-0.1, -0.05) is 0 Å². The summed E-state index contributed by atoms with van der Waals surface area (Å²) in [7, 11) is 4.48. The molecule has 7 nitrogen and oxygen atoms in total. The van der Waals surface area contributed by atoms with Gasteiger partial charge in [-0.2, -0.15) is 0 Å². The van der Waals surface area contributed by atoms with Gasteiger partial charge in [0.05, 0.1) is 21.3 Å². The van der Waals surface area contributed by atoms with E-state index in [9.17, 15) is 9.59 Å². The summed E-state index contributed by atoms with van der Waals surface area (Å²) in [6.07, 6.45) is 0. The van der Waals surface area contributed by atoms with Crippen LogP contribution in [0.4, 0.5) is 0 Å². The second-order valence-corrected chi connectivity index (χ2v) is 4.31. The van der Waals surface area contributed by atoms with Crippen LogP contribution in [0.25, 0.3) is 0 Å². The number of amides is 1. The molecule has 0 fully saturated rings. The molecule has 7 heteroatoms. The van der Waals surface area contributed by atoms with Gasteiger partial charge < -0.3 is 24.6 Å². The van der Waals surface area contributed by atoms with Crippen LogP contribution in [0.3, 0.4) is 0 Å². The van der Waals surface area contributed by atoms with E-state index in [1.165, 1.54) is 28.3 Å². The van der Waals surface area contributed by atoms with E-state index in [0.29, 0.717) is 22.8 Å². The van der Waals surface area contributed by atoms with E-state index in [4.69, 9.17) is 19.3 Å². The standard InChI is InChI=1S/C14H19NO6/c1-8(14(17)18)13(16)15-7-9-5-10(19-2)12(21-4)11(6-9)20-3/h5-6,8H,7H2,1-4H3,(H,15,16)(H,17,18). The van der Waals surface area contributed by atoms with Gasteiger partial charge in [-0.15, -0.1) is 0 Å². The van der Waals surface area contributed by atoms with Crippen molar-refractivity contribution in [3.05, 3.63) is 17.7 Å². The summed E-state index contributed by atoms with van der Waals surface area (Å²) < 4.78 is 15.6. The lowest BCUT2D eigenvalue weighted by Crippen LogP contribution is -2.33. The maximum absolute atomic E-state index is 11.6. The van der Waals surface area contributed by atoms with Crippen molar-refractivity contribution < 1.29 is 28.9 Å². The van der Waals surface area contributed by atoms with Crippen molar-refractivity contribution >= 4 is 11.9 Å². The van der Waals surface area contributed by atoms with Crippen LogP contribution < -0.4 is 19.5 Å². The number of nitrogens with one attached hydrogen (secondary N) is 1. The summed E-state index contributed by atoms with van der Waals surface area (Å²) in [5.74, 6) is -1.45. The number of carboxylic acid groups (broad SMARTS) is 1. The van der Waals surface area contributed by atoms with Crippen LogP contribution in [0, 0.1) is 5.92 Å². The monoisotopic (exact) mass is 297 g/mol. The van der Waals surface area contributed by atoms with Crippen molar-refractivity contribution in [2.45, 2.75) is 13.5 Å². The number of rotatable bonds is 7. The topological polar surface area (TPSA) is 94.1 Å². The first-order chi connectivity index (χ1) is 9.94. The van der Waals surface area contributed by atoms with E-state index in [-0.39, 0.29) is 6.54 Å². The summed E-state index contributed by atoms with van der Waals surface area (Å²) in [6, 6.07) is 3.38. The number of carbonyl (C=O) groups is 2. The van der Waals surface area contributed by atoms with Crippen LogP contribution in [0.5, 0.6) is 17.2 Å². The molecule has 1 rings (SSSR count). The minimum Gasteiger partial charge on any atom is -0.493 e. The highest BCUT2D eigenvalue weighted by molar-refractivity contribution is 5.96. The van der Waals surface area contributed by atoms with E-state index in [2.05, 4.69) is 5.32 Å². The number of methoxy groups -OCH3 is 3. The fourth-order valence-corrected chi connectivity index (χ4v) is 1.69. The molecule has 2 N–H and O–H groups in total. The molecule has 0 aliphatic heterocycles. The van der Waals surface area contributed by atoms with E-state index in [0.717, 1.165) is 0 Å². The molecule has 1 aromatic rings. The molecule has 0 radical (unpaired) electrons. The minimum atomic E-state index is -1.17. The van der Waals surface area contributed by atoms with Gasteiger partial charge in [0.2, 0.25) is 11.7 Å². The van der Waals surface area contributed by atoms with E-state index in [1.54, 1.807) is 12.1 Å². The normalized spacial score (nSPS) is 11.4. The Labute approximate surface area is 122 Å². The largest absolute Gasteiger partial charge is 0.493 e. The van der Waals surface area contributed by atoms with Gasteiger partial charge in [0.1, 0.15) is 5.92 Å². The predicted molar refractivity (Wildman–Crippen MR) is 74.7 cm³/mol. The zero-order valence-electron chi connectivity index (χ0n) is 12.4. The highest BCUT2D eigenvalue weighted by Gasteiger charge is 2.20. The molecular formula is C14H19NO6. The Balaban J connectivity index is 2.89. The van der Waals surface area contributed by atoms with Crippen molar-refractivity contribution in [1.29, 1.82) is 0 Å². The van der Waals surface area contributed by atoms with Crippen LogP contribution in [0.1, 0.15) is 12.5 Å². The van der Waals surface area contributed by atoms with Crippen LogP contribution in [0.15, 0.2) is 12.1 Å². The molecule has 0 aliphatic carbocycles. The third-order valence-electron chi connectivity index (χ3n) is 2.95. The van der Waals surface area contributed by atoms with Crippen LogP contribution in [0.2, 0.25) is 0 Å². The number of aliphatic carboxylic acids is 1. The smallest absolute Gasteiger partial charge is 0.315 e. The van der Waals surface area contributed by atoms with Crippen molar-refractivity contribution in [3.8, 4) is 17.2 Å². The fraction of sp³-hybridized carbons (Fsp3) is 0.429. The zero-order valence-corrected chi connectivity index (χ0v) is 12.4. The van der Waals surface area contributed by atoms with Crippen LogP contribution in [-0.2, 0) is 16.1 Å². The van der Waals surface area contributed by atoms with Gasteiger partial charge >= 0.3 is 5.97 Å². The average Bonchev–Trinajstić information content (AvgIpc) is 2.50. The molecule has 1 unspecified atom stereocenters. The third-order valence-corrected chi connectivity index (χ3v) is 2.95. The Morgan fingerprint density at radius 2 is 1.67 bits per heavy atom. The van der Waals surface area contributed by atoms with Gasteiger partial charge in [-0.25, -0.2) is 0 Å². The number of carboxylic acids is 1. The second kappa shape index (κ2) is 7.37. The molecule has 1 aromatic carbocycles. The van der Waals surface area contributed by atoms with E-state index < -0.39 is 17.8 Å². The lowest BCUT2D eigenvalue weighted by atomic mass is 10.1. The predicted octanol–water partition coefficient (Wildman–Crippen LogP) is 1.05. The SMILES string of the molecule is COc1cc(CNC(=O)C(C)C(=O)O)cc(OC)c1OC. The number of benzene rings is 1. The molecule has 0 heterocycles. The Bertz CT molecular complexity index is 503. The summed E-state index contributed by atoms with van der Waals surface area (Å²) >= 11 is 0. The Hall–Kier alpha value is -2.44. The molecular weight excluding hydrogens is 278 g/mol. The zero-order chi connectivity index (χ0) is 16.0. The molecule has 0 saturated heterocycles. The maximum Gasteiger partial charge on any atom is 0.315 e. The summed E-state index contributed by atoms with van der Waals surface area (Å²) in [5, 5.41) is 11.3. The first kappa shape index (κ1) is 16.6. The average molecular weight is 297 g/mol. The second-order valence-electron chi connectivity index (χ2n) is 4.31. The molecule has 0 saturated carbocycles. The molecule has 0 aliphatic rings. The first-order valence-corrected chi connectivity index (χ1v) is 6.24. The molecule has 116 valence electrons. The van der Waals surface area contributed by atoms with E-state index >= 15 is 0 Å². The van der Waals surface area contributed by atoms with Crippen molar-refractivity contribution in [3.63, 3.8) is 0 Å². The van der Waals surface area contributed by atoms with Crippen molar-refractivity contribution in [2.75, 3.05) is 21.3 Å². The number of hydrogen-bond donors (Lipinski definition) is 2. The minimum absolute atomic E-state index is 0.160. The first-order valence-electron chi connectivity index (χ1n) is 6.24. The Morgan fingerprint density at radius 1 is 1.14 bits per heavy atom. The lowest BCUT2D eigenvalue weighted by Gasteiger charge is -2.15. The molecule has 0 aromatic heterocycles. The summed E-state index contributed by atoms with van der Waals surface area (Å²) in [4.78, 5) is 22.3. The molecule has 1 amide bonds. The highest BCUT2D eigenvalue weighted by Crippen LogP contribution is 2.38. The molecule has 0 spiro atoms. The van der Waals surface area contributed by atoms with E-state index in [1.807, 2.05) is 0 Å². The van der Waals surface area contributed by atoms with Gasteiger partial charge in [-0.05, 0) is 24.6 Å². The molecule has 21 heavy (non-hydrogen) atoms. The summed E-state index contributed by atoms with van der Waals surface area (Å²) in [6.45, 7) is 1.49. The number of ether oxygens (including phenoxy) is 3. The Kier molecular flexibility index (Phi) is 5.83. The quantitative estimate of drug-likeness (QED) is 0.731. The fourth-order valence-electron chi connectivity index (χ4n) is 1.69. The Morgan fingerprint density at radius 3 is 2.05 bits per heavy atom. The van der Waals surface area contributed by atoms with Gasteiger partial charge in [0, 0.05) is 6.54 Å². The third kappa shape index (κ3) is 4.01. The van der Waals surface area contributed by atoms with Crippen LogP contribution >= 0.6 is 0 Å². The van der Waals surface area contributed by atoms with Gasteiger partial charge in [-0.3, -0.25) is 9.59 Å². The molecule has 0 bridgehead atoms. The van der Waals surface area contributed by atoms with Crippen molar-refractivity contribution in [1.82, 2.24) is 5.32 Å². The van der Waals surface area contributed by atoms with Gasteiger partial charge in [0.15, 0.2) is 11.5 Å². The lowest BCUT2D eigenvalue weighted by molar-refractivity contribution is -0.146. The summed E-state index contributed by atoms with van der Waals surface area (Å²) in [5.41, 5.74) is 0.704. The number of hydrogen-bond acceptors (Lipinski definition) is 5. The van der Waals surface area contributed by atoms with Crippen LogP contribution in [-0.4, -0.2) is 38.3 Å². The van der Waals surface area contributed by atoms with Gasteiger partial charge in [0.25, 0.3) is 0 Å². The number of carbonyl (C=O) groups excluding carboxylic acids is 1. The van der Waals surface area contributed by atoms with Crippen molar-refractivity contribution in [2.24, 2.45) is 5.92 Å². The molecule has 1 atom stereocenters.